The van der Waals surface area contributed by atoms with Crippen molar-refractivity contribution in [2.45, 2.75) is 394 Å². The Bertz CT molecular complexity index is 1530. The van der Waals surface area contributed by atoms with Gasteiger partial charge in [0.05, 0.1) is 13.2 Å². The minimum atomic E-state index is 0.179. The third-order valence-electron chi connectivity index (χ3n) is 21.6. The number of allylic oxidation sites excluding steroid dienone is 1. The zero-order chi connectivity index (χ0) is 65.1. The van der Waals surface area contributed by atoms with E-state index in [2.05, 4.69) is 32.9 Å². The van der Waals surface area contributed by atoms with E-state index >= 15 is 0 Å². The summed E-state index contributed by atoms with van der Waals surface area (Å²) in [5.41, 5.74) is 73.0. The Morgan fingerprint density at radius 3 is 0.888 bits per heavy atom. The Kier molecular flexibility index (Phi) is 46.7. The van der Waals surface area contributed by atoms with Crippen LogP contribution in [-0.2, 0) is 9.47 Å². The molecule has 89 heavy (non-hydrogen) atoms. The summed E-state index contributed by atoms with van der Waals surface area (Å²) in [4.78, 5) is 0. The van der Waals surface area contributed by atoms with Gasteiger partial charge in [-0.25, -0.2) is 0 Å². The highest BCUT2D eigenvalue weighted by atomic mass is 16.5. The van der Waals surface area contributed by atoms with Gasteiger partial charge in [-0.1, -0.05) is 135 Å². The maximum absolute atomic E-state index is 5.88. The average Bonchev–Trinajstić information content (AvgIpc) is 4.49. The molecule has 0 amide bonds. The highest BCUT2D eigenvalue weighted by Gasteiger charge is 2.38. The smallest absolute Gasteiger partial charge is 0.0618 e. The lowest BCUT2D eigenvalue weighted by molar-refractivity contribution is 0.194. The monoisotopic (exact) mass is 1260 g/mol. The summed E-state index contributed by atoms with van der Waals surface area (Å²) in [5.74, 6) is 5.71. The Balaban J connectivity index is 0.000000253. The number of ether oxygens (including phenoxy) is 2. The van der Waals surface area contributed by atoms with Crippen molar-refractivity contribution in [1.29, 1.82) is 0 Å². The van der Waals surface area contributed by atoms with Crippen LogP contribution in [-0.4, -0.2) is 104 Å². The molecule has 0 spiro atoms. The van der Waals surface area contributed by atoms with Crippen molar-refractivity contribution in [3.63, 3.8) is 0 Å². The van der Waals surface area contributed by atoms with Crippen molar-refractivity contribution in [3.05, 3.63) is 12.2 Å². The molecule has 11 atom stereocenters. The second-order valence-electron chi connectivity index (χ2n) is 31.5. The molecule has 13 aliphatic carbocycles. The fourth-order valence-corrected chi connectivity index (χ4v) is 14.6. The molecular weight excluding hydrogens is 1100 g/mol. The molecule has 26 N–H and O–H groups in total. The van der Waals surface area contributed by atoms with Gasteiger partial charge in [0.2, 0.25) is 0 Å². The molecule has 0 aromatic rings. The molecule has 15 heteroatoms. The molecule has 3 unspecified atom stereocenters. The Hall–Kier alpha value is -0.860. The van der Waals surface area contributed by atoms with Gasteiger partial charge in [-0.15, -0.1) is 0 Å². The summed E-state index contributed by atoms with van der Waals surface area (Å²) in [6, 6.07) is 6.04. The number of fused-ring (bicyclic) bond motifs is 4. The summed E-state index contributed by atoms with van der Waals surface area (Å²) in [7, 11) is 0. The highest BCUT2D eigenvalue weighted by Crippen LogP contribution is 2.44. The molecular formula is C74H155N13O2. The molecule has 528 valence electrons. The molecule has 4 bridgehead atoms. The fraction of sp³-hybridized carbons (Fsp3) is 0.973. The molecule has 2 heterocycles. The predicted molar refractivity (Wildman–Crippen MR) is 384 cm³/mol. The maximum Gasteiger partial charge on any atom is 0.0618 e. The third kappa shape index (κ3) is 45.3. The number of nitrogens with two attached hydrogens (primary N) is 13. The molecule has 14 fully saturated rings. The van der Waals surface area contributed by atoms with Crippen LogP contribution in [0.1, 0.15) is 316 Å². The molecule has 0 aromatic heterocycles. The average molecular weight is 1260 g/mol. The quantitative estimate of drug-likeness (QED) is 0.0792. The number of rotatable bonds is 0. The molecule has 15 aliphatic rings. The summed E-state index contributed by atoms with van der Waals surface area (Å²) in [5, 5.41) is 0. The first-order chi connectivity index (χ1) is 42.7. The van der Waals surface area contributed by atoms with Crippen molar-refractivity contribution in [1.82, 2.24) is 0 Å². The van der Waals surface area contributed by atoms with Gasteiger partial charge >= 0.3 is 0 Å². The van der Waals surface area contributed by atoms with Crippen LogP contribution < -0.4 is 74.5 Å². The molecule has 2 aliphatic heterocycles. The lowest BCUT2D eigenvalue weighted by Crippen LogP contribution is -2.37. The summed E-state index contributed by atoms with van der Waals surface area (Å²) >= 11 is 0. The van der Waals surface area contributed by atoms with Crippen molar-refractivity contribution >= 4 is 0 Å². The van der Waals surface area contributed by atoms with Crippen LogP contribution in [0.15, 0.2) is 12.2 Å². The second-order valence-corrected chi connectivity index (χ2v) is 31.5. The third-order valence-corrected chi connectivity index (χ3v) is 21.6. The van der Waals surface area contributed by atoms with E-state index in [0.29, 0.717) is 72.5 Å². The largest absolute Gasteiger partial charge is 0.380 e. The zero-order valence-electron chi connectivity index (χ0n) is 58.7. The molecule has 12 saturated carbocycles. The van der Waals surface area contributed by atoms with Crippen LogP contribution in [0.3, 0.4) is 0 Å². The molecule has 15 nitrogen and oxygen atoms in total. The van der Waals surface area contributed by atoms with E-state index in [9.17, 15) is 0 Å². The summed E-state index contributed by atoms with van der Waals surface area (Å²) < 4.78 is 9.86. The SMILES string of the molecule is CC1(N)CCCCC1.CC1CCC(N)CC1.CC1CCCC(N)C1.NC1CC1.NC1CC=CCC1.NC1CCC1.NC1CCCC1.NC1CCCCC1.NC1CCCCCC1.N[C@@H]1CCOC1.N[C@@H]1C[C@H]2CC[C@@H]1C2.N[C@H]1CCOC1.N[C@H]1C[C@H]2CC[C@@H]1C2. The number of hydrogen-bond acceptors (Lipinski definition) is 15. The topological polar surface area (TPSA) is 357 Å². The van der Waals surface area contributed by atoms with Gasteiger partial charge in [0.1, 0.15) is 0 Å². The highest BCUT2D eigenvalue weighted by molar-refractivity contribution is 4.93. The number of hydrogen-bond donors (Lipinski definition) is 13. The normalized spacial score (nSPS) is 34.8. The van der Waals surface area contributed by atoms with E-state index in [-0.39, 0.29) is 5.54 Å². The van der Waals surface area contributed by atoms with Crippen molar-refractivity contribution in [3.8, 4) is 0 Å². The molecule has 0 aromatic carbocycles. The van der Waals surface area contributed by atoms with Crippen LogP contribution in [0.2, 0.25) is 0 Å². The zero-order valence-corrected chi connectivity index (χ0v) is 58.7. The van der Waals surface area contributed by atoms with Crippen LogP contribution >= 0.6 is 0 Å². The summed E-state index contributed by atoms with van der Waals surface area (Å²) in [6.07, 6.45) is 64.6. The van der Waals surface area contributed by atoms with Crippen LogP contribution in [0.25, 0.3) is 0 Å². The van der Waals surface area contributed by atoms with Gasteiger partial charge in [-0.3, -0.25) is 0 Å². The van der Waals surface area contributed by atoms with Gasteiger partial charge in [0.15, 0.2) is 0 Å². The first kappa shape index (κ1) is 82.4. The van der Waals surface area contributed by atoms with E-state index in [1.165, 1.54) is 276 Å². The van der Waals surface area contributed by atoms with E-state index < -0.39 is 0 Å². The summed E-state index contributed by atoms with van der Waals surface area (Å²) in [6.45, 7) is 10.0. The maximum atomic E-state index is 5.88. The van der Waals surface area contributed by atoms with E-state index in [1.54, 1.807) is 0 Å². The van der Waals surface area contributed by atoms with E-state index in [1.807, 2.05) is 0 Å². The van der Waals surface area contributed by atoms with Crippen molar-refractivity contribution in [2.75, 3.05) is 26.4 Å². The van der Waals surface area contributed by atoms with E-state index in [0.717, 1.165) is 81.2 Å². The van der Waals surface area contributed by atoms with Crippen molar-refractivity contribution < 1.29 is 9.47 Å². The van der Waals surface area contributed by atoms with Gasteiger partial charge < -0.3 is 84.0 Å². The van der Waals surface area contributed by atoms with Gasteiger partial charge in [-0.05, 0) is 229 Å². The molecule has 0 radical (unpaired) electrons. The van der Waals surface area contributed by atoms with Crippen LogP contribution in [0.4, 0.5) is 0 Å². The minimum Gasteiger partial charge on any atom is -0.380 e. The van der Waals surface area contributed by atoms with Crippen LogP contribution in [0.5, 0.6) is 0 Å². The lowest BCUT2D eigenvalue weighted by Gasteiger charge is -2.28. The first-order valence-corrected chi connectivity index (χ1v) is 38.3. The Morgan fingerprint density at radius 1 is 0.303 bits per heavy atom. The minimum absolute atomic E-state index is 0.179. The van der Waals surface area contributed by atoms with Gasteiger partial charge in [-0.2, -0.15) is 0 Å². The van der Waals surface area contributed by atoms with Crippen LogP contribution in [0, 0.1) is 35.5 Å². The molecule has 15 rings (SSSR count). The van der Waals surface area contributed by atoms with Gasteiger partial charge in [0.25, 0.3) is 0 Å². The van der Waals surface area contributed by atoms with E-state index in [4.69, 9.17) is 84.0 Å². The standard InChI is InChI=1S/2C7H13N.4C7H15N.C6H13N.C6H11N.C5H11N.2C4H9NO.C4H9N.C3H7N/c2*8-7-4-5-1-2-6(7)3-5;1-6-2-4-7(8)5-3-6;1-6-3-2-4-7(8)5-6;1-7(8)5-3-2-4-6-7;8-7-5-3-1-2-4-6-7;2*7-6-4-2-1-3-5-6;6-5-3-1-2-4-5;2*5-4-1-2-6-3-4;5-4-2-1-3-4;4-3-1-2-3/h2*5-7H,1-4,8H2;2*6-7H,2-5,8H2,1H3;2-6,8H2,1H3;7H,1-6,8H2;6H,1-5,7H2;1-2,6H,3-5,7H2;5H,1-4,6H2;2*4H,1-3,5H2;4H,1-3,5H2;3H,1-2,4H2/t5-,6+,7+;5-,6+,7-;;;;;;;;2*4-;;/m00.......10../s1. The lowest BCUT2D eigenvalue weighted by atomic mass is 9.84. The predicted octanol–water partition coefficient (Wildman–Crippen LogP) is 11.9. The van der Waals surface area contributed by atoms with Gasteiger partial charge in [0, 0.05) is 91.3 Å². The Morgan fingerprint density at radius 2 is 0.674 bits per heavy atom. The first-order valence-electron chi connectivity index (χ1n) is 38.3. The Labute approximate surface area is 549 Å². The molecule has 2 saturated heterocycles. The fourth-order valence-electron chi connectivity index (χ4n) is 14.6. The van der Waals surface area contributed by atoms with Crippen molar-refractivity contribution in [2.24, 2.45) is 110 Å². The second kappa shape index (κ2) is 50.5.